The molecule has 47 heavy (non-hydrogen) atoms. The number of Topliss-reactive ketones (excluding diaryl/α,β-unsaturated/α-hetero) is 1. The van der Waals surface area contributed by atoms with Crippen molar-refractivity contribution in [1.29, 1.82) is 0 Å². The van der Waals surface area contributed by atoms with E-state index in [0.717, 1.165) is 17.8 Å². The molecule has 0 radical (unpaired) electrons. The minimum atomic E-state index is -5.04. The number of hydrogen-bond donors (Lipinski definition) is 1. The summed E-state index contributed by atoms with van der Waals surface area (Å²) in [5.74, 6) is -2.47. The first-order valence-corrected chi connectivity index (χ1v) is 16.5. The van der Waals surface area contributed by atoms with E-state index < -0.39 is 57.7 Å². The summed E-state index contributed by atoms with van der Waals surface area (Å²) in [4.78, 5) is 50.3. The Hall–Kier alpha value is -4.05. The molecule has 16 heteroatoms. The summed E-state index contributed by atoms with van der Waals surface area (Å²) < 4.78 is 77.4. The second-order valence-electron chi connectivity index (χ2n) is 12.5. The van der Waals surface area contributed by atoms with Crippen molar-refractivity contribution < 1.29 is 31.5 Å². The van der Waals surface area contributed by atoms with Crippen LogP contribution in [0.15, 0.2) is 34.5 Å². The van der Waals surface area contributed by atoms with Gasteiger partial charge in [0.15, 0.2) is 5.13 Å². The zero-order valence-corrected chi connectivity index (χ0v) is 26.7. The SMILES string of the molecule is C=CC(=O)N1[C@H](C)CN(c2nc(=O)n3c4c(c(-c5c(F)cc(F)c6sc(N)nc56)c(C(F)(F)F)cc24)SCC2(CC(=O)C2)C3)C[C@@H]1C. The van der Waals surface area contributed by atoms with Gasteiger partial charge in [-0.3, -0.25) is 14.2 Å². The molecule has 2 N–H and O–H groups in total. The molecule has 7 rings (SSSR count). The number of benzene rings is 2. The number of alkyl halides is 3. The molecule has 1 spiro atoms. The highest BCUT2D eigenvalue weighted by molar-refractivity contribution is 7.99. The number of rotatable bonds is 3. The summed E-state index contributed by atoms with van der Waals surface area (Å²) >= 11 is 1.68. The summed E-state index contributed by atoms with van der Waals surface area (Å²) in [5.41, 5.74) is 1.72. The van der Waals surface area contributed by atoms with Crippen LogP contribution in [0.3, 0.4) is 0 Å². The number of nitrogens with zero attached hydrogens (tertiary/aromatic N) is 5. The number of nitrogen functional groups attached to an aromatic ring is 1. The van der Waals surface area contributed by atoms with Crippen LogP contribution in [0, 0.1) is 17.0 Å². The maximum absolute atomic E-state index is 15.9. The first kappa shape index (κ1) is 31.5. The molecule has 1 amide bonds. The highest BCUT2D eigenvalue weighted by Crippen LogP contribution is 2.54. The highest BCUT2D eigenvalue weighted by atomic mass is 32.2. The van der Waals surface area contributed by atoms with E-state index in [1.54, 1.807) is 23.6 Å². The molecule has 1 aliphatic carbocycles. The fourth-order valence-corrected chi connectivity index (χ4v) is 9.51. The van der Waals surface area contributed by atoms with Gasteiger partial charge in [0.1, 0.15) is 23.2 Å². The molecular weight excluding hydrogens is 664 g/mol. The van der Waals surface area contributed by atoms with Crippen molar-refractivity contribution in [1.82, 2.24) is 19.4 Å². The molecule has 2 aromatic heterocycles. The van der Waals surface area contributed by atoms with Crippen molar-refractivity contribution in [2.75, 3.05) is 29.5 Å². The van der Waals surface area contributed by atoms with Crippen LogP contribution in [0.5, 0.6) is 0 Å². The molecule has 246 valence electrons. The number of anilines is 2. The van der Waals surface area contributed by atoms with Gasteiger partial charge < -0.3 is 15.5 Å². The number of halogens is 5. The predicted octanol–water partition coefficient (Wildman–Crippen LogP) is 5.62. The average Bonchev–Trinajstić information content (AvgIpc) is 3.27. The van der Waals surface area contributed by atoms with Gasteiger partial charge in [-0.1, -0.05) is 17.9 Å². The first-order chi connectivity index (χ1) is 22.1. The van der Waals surface area contributed by atoms with E-state index >= 15 is 17.6 Å². The van der Waals surface area contributed by atoms with E-state index in [9.17, 15) is 18.8 Å². The number of aromatic nitrogens is 3. The van der Waals surface area contributed by atoms with Crippen LogP contribution in [-0.4, -0.2) is 62.1 Å². The summed E-state index contributed by atoms with van der Waals surface area (Å²) in [7, 11) is 0. The van der Waals surface area contributed by atoms with Crippen molar-refractivity contribution in [2.45, 2.75) is 56.4 Å². The lowest BCUT2D eigenvalue weighted by atomic mass is 9.69. The van der Waals surface area contributed by atoms with Gasteiger partial charge in [0.2, 0.25) is 5.91 Å². The predicted molar refractivity (Wildman–Crippen MR) is 170 cm³/mol. The van der Waals surface area contributed by atoms with E-state index in [1.165, 1.54) is 10.6 Å². The van der Waals surface area contributed by atoms with E-state index in [0.29, 0.717) is 17.4 Å². The molecule has 4 heterocycles. The number of amides is 1. The number of carbonyl (C=O) groups is 2. The average molecular weight is 691 g/mol. The van der Waals surface area contributed by atoms with Crippen LogP contribution in [0.2, 0.25) is 0 Å². The zero-order valence-electron chi connectivity index (χ0n) is 25.1. The molecule has 0 unspecified atom stereocenters. The van der Waals surface area contributed by atoms with Gasteiger partial charge >= 0.3 is 11.9 Å². The van der Waals surface area contributed by atoms with Gasteiger partial charge in [-0.25, -0.2) is 18.6 Å². The largest absolute Gasteiger partial charge is 0.417 e. The number of ketones is 1. The van der Waals surface area contributed by atoms with E-state index in [1.807, 2.05) is 0 Å². The Kier molecular flexibility index (Phi) is 7.20. The Bertz CT molecular complexity index is 2090. The second-order valence-corrected chi connectivity index (χ2v) is 14.5. The van der Waals surface area contributed by atoms with Crippen LogP contribution in [0.25, 0.3) is 32.2 Å². The molecule has 1 saturated carbocycles. The summed E-state index contributed by atoms with van der Waals surface area (Å²) in [6.07, 6.45) is -3.61. The van der Waals surface area contributed by atoms with Gasteiger partial charge in [-0.2, -0.15) is 18.2 Å². The quantitative estimate of drug-likeness (QED) is 0.218. The number of carbonyl (C=O) groups excluding carboxylic acids is 2. The maximum atomic E-state index is 15.9. The van der Waals surface area contributed by atoms with Crippen LogP contribution in [0.1, 0.15) is 32.3 Å². The summed E-state index contributed by atoms with van der Waals surface area (Å²) in [5, 5.41) is -0.156. The highest BCUT2D eigenvalue weighted by Gasteiger charge is 2.48. The number of piperazine rings is 1. The van der Waals surface area contributed by atoms with Crippen molar-refractivity contribution in [3.05, 3.63) is 52.5 Å². The van der Waals surface area contributed by atoms with Crippen molar-refractivity contribution in [3.8, 4) is 11.1 Å². The molecule has 4 aromatic rings. The fourth-order valence-electron chi connectivity index (χ4n) is 7.30. The van der Waals surface area contributed by atoms with E-state index in [4.69, 9.17) is 5.73 Å². The monoisotopic (exact) mass is 690 g/mol. The van der Waals surface area contributed by atoms with Crippen LogP contribution in [-0.2, 0) is 22.3 Å². The number of thiazole rings is 1. The van der Waals surface area contributed by atoms with Crippen molar-refractivity contribution >= 4 is 66.9 Å². The van der Waals surface area contributed by atoms with Crippen molar-refractivity contribution in [2.24, 2.45) is 5.41 Å². The number of thioether (sulfide) groups is 1. The van der Waals surface area contributed by atoms with Gasteiger partial charge in [0, 0.05) is 83.2 Å². The lowest BCUT2D eigenvalue weighted by molar-refractivity contribution is -0.137. The molecule has 3 aliphatic rings. The zero-order chi connectivity index (χ0) is 33.7. The maximum Gasteiger partial charge on any atom is 0.417 e. The third kappa shape index (κ3) is 4.90. The van der Waals surface area contributed by atoms with Gasteiger partial charge in [0.25, 0.3) is 0 Å². The molecule has 0 bridgehead atoms. The Morgan fingerprint density at radius 1 is 1.09 bits per heavy atom. The van der Waals surface area contributed by atoms with E-state index in [-0.39, 0.29) is 86.9 Å². The Morgan fingerprint density at radius 2 is 1.77 bits per heavy atom. The van der Waals surface area contributed by atoms with Gasteiger partial charge in [-0.15, -0.1) is 11.8 Å². The van der Waals surface area contributed by atoms with Crippen LogP contribution >= 0.6 is 23.1 Å². The Labute approximate surface area is 272 Å². The lowest BCUT2D eigenvalue weighted by Crippen LogP contribution is -2.58. The van der Waals surface area contributed by atoms with Gasteiger partial charge in [-0.05, 0) is 26.0 Å². The van der Waals surface area contributed by atoms with Crippen LogP contribution < -0.4 is 16.3 Å². The summed E-state index contributed by atoms with van der Waals surface area (Å²) in [6.45, 7) is 7.45. The molecular formula is C31H27F5N6O3S2. The lowest BCUT2D eigenvalue weighted by Gasteiger charge is -2.44. The molecule has 2 atom stereocenters. The standard InChI is InChI=1S/C31H27F5N6O3S2/c1-4-20(44)42-13(2)9-40(10-14(42)3)27-16-5-17(31(34,35)36)21(22-18(32)6-19(33)25-23(22)38-28(37)47-25)26-24(16)41(29(45)39-27)11-30(12-46-26)7-15(43)8-30/h4-6,13-14H,1,7-12H2,2-3H3,(H2,37,38)/t13-,14+. The Morgan fingerprint density at radius 3 is 2.38 bits per heavy atom. The van der Waals surface area contributed by atoms with E-state index in [2.05, 4.69) is 16.5 Å². The number of hydrogen-bond acceptors (Lipinski definition) is 9. The smallest absolute Gasteiger partial charge is 0.375 e. The minimum absolute atomic E-state index is 0.00493. The summed E-state index contributed by atoms with van der Waals surface area (Å²) in [6, 6.07) is 0.557. The fraction of sp³-hybridized carbons (Fsp3) is 0.387. The van der Waals surface area contributed by atoms with Gasteiger partial charge in [0.05, 0.1) is 21.3 Å². The van der Waals surface area contributed by atoms with Crippen molar-refractivity contribution in [3.63, 3.8) is 0 Å². The Balaban J connectivity index is 1.56. The minimum Gasteiger partial charge on any atom is -0.375 e. The normalized spacial score (nSPS) is 21.0. The third-order valence-corrected chi connectivity index (χ3v) is 11.5. The molecule has 1 saturated heterocycles. The molecule has 2 aromatic carbocycles. The topological polar surface area (TPSA) is 114 Å². The third-order valence-electron chi connectivity index (χ3n) is 9.15. The second kappa shape index (κ2) is 10.7. The number of fused-ring (bicyclic) bond motifs is 1. The number of nitrogens with two attached hydrogens (primary N) is 1. The molecule has 9 nitrogen and oxygen atoms in total. The van der Waals surface area contributed by atoms with Crippen LogP contribution in [0.4, 0.5) is 32.9 Å². The molecule has 2 aliphatic heterocycles. The molecule has 2 fully saturated rings. The first-order valence-electron chi connectivity index (χ1n) is 14.7.